The minimum atomic E-state index is -3.27. The van der Waals surface area contributed by atoms with E-state index in [0.717, 1.165) is 22.9 Å². The summed E-state index contributed by atoms with van der Waals surface area (Å²) < 4.78 is 24.8. The average Bonchev–Trinajstić information content (AvgIpc) is 2.37. The zero-order valence-electron chi connectivity index (χ0n) is 10.5. The fourth-order valence-corrected chi connectivity index (χ4v) is 2.33. The summed E-state index contributed by atoms with van der Waals surface area (Å²) in [6.07, 6.45) is 1.12. The number of hydrogen-bond acceptors (Lipinski definition) is 3. The van der Waals surface area contributed by atoms with E-state index in [0.29, 0.717) is 5.69 Å². The first-order chi connectivity index (χ1) is 8.98. The molecule has 2 N–H and O–H groups in total. The van der Waals surface area contributed by atoms with E-state index in [1.807, 2.05) is 30.3 Å². The van der Waals surface area contributed by atoms with Gasteiger partial charge in [-0.15, -0.1) is 0 Å². The Morgan fingerprint density at radius 1 is 1.05 bits per heavy atom. The largest absolute Gasteiger partial charge is 0.392 e. The molecule has 2 aromatic carbocycles. The number of anilines is 1. The highest BCUT2D eigenvalue weighted by molar-refractivity contribution is 7.92. The van der Waals surface area contributed by atoms with Gasteiger partial charge in [0.2, 0.25) is 10.0 Å². The van der Waals surface area contributed by atoms with Gasteiger partial charge in [-0.05, 0) is 28.8 Å². The predicted octanol–water partition coefficient (Wildman–Crippen LogP) is 2.22. The summed E-state index contributed by atoms with van der Waals surface area (Å²) in [5.74, 6) is 0. The molecule has 2 rings (SSSR count). The van der Waals surface area contributed by atoms with Crippen molar-refractivity contribution in [1.29, 1.82) is 0 Å². The molecule has 0 spiro atoms. The molecule has 0 aliphatic rings. The molecule has 0 heterocycles. The summed E-state index contributed by atoms with van der Waals surface area (Å²) >= 11 is 0. The molecule has 0 unspecified atom stereocenters. The van der Waals surface area contributed by atoms with Gasteiger partial charge in [-0.1, -0.05) is 36.4 Å². The number of benzene rings is 2. The van der Waals surface area contributed by atoms with Gasteiger partial charge < -0.3 is 5.11 Å². The van der Waals surface area contributed by atoms with Crippen molar-refractivity contribution in [2.45, 2.75) is 6.61 Å². The molecule has 0 fully saturated rings. The fourth-order valence-electron chi connectivity index (χ4n) is 1.78. The van der Waals surface area contributed by atoms with Crippen LogP contribution in [0, 0.1) is 0 Å². The first-order valence-corrected chi connectivity index (χ1v) is 7.65. The number of aliphatic hydroxyl groups is 1. The SMILES string of the molecule is CS(=O)(=O)Nc1cccc(-c2ccc(CO)cc2)c1. The van der Waals surface area contributed by atoms with Crippen molar-refractivity contribution in [3.8, 4) is 11.1 Å². The highest BCUT2D eigenvalue weighted by Crippen LogP contribution is 2.23. The molecule has 5 heteroatoms. The Hall–Kier alpha value is -1.85. The summed E-state index contributed by atoms with van der Waals surface area (Å²) in [6.45, 7) is 0.00987. The third-order valence-electron chi connectivity index (χ3n) is 2.64. The van der Waals surface area contributed by atoms with Crippen molar-refractivity contribution in [2.75, 3.05) is 11.0 Å². The van der Waals surface area contributed by atoms with E-state index >= 15 is 0 Å². The minimum Gasteiger partial charge on any atom is -0.392 e. The number of aliphatic hydroxyl groups excluding tert-OH is 1. The summed E-state index contributed by atoms with van der Waals surface area (Å²) in [7, 11) is -3.27. The lowest BCUT2D eigenvalue weighted by atomic mass is 10.0. The van der Waals surface area contributed by atoms with Crippen molar-refractivity contribution in [3.05, 3.63) is 54.1 Å². The van der Waals surface area contributed by atoms with Gasteiger partial charge >= 0.3 is 0 Å². The average molecular weight is 277 g/mol. The van der Waals surface area contributed by atoms with Gasteiger partial charge in [-0.3, -0.25) is 4.72 Å². The molecule has 100 valence electrons. The molecule has 4 nitrogen and oxygen atoms in total. The van der Waals surface area contributed by atoms with E-state index < -0.39 is 10.0 Å². The Morgan fingerprint density at radius 3 is 2.32 bits per heavy atom. The summed E-state index contributed by atoms with van der Waals surface area (Å²) in [6, 6.07) is 14.6. The Balaban J connectivity index is 2.32. The second-order valence-corrected chi connectivity index (χ2v) is 6.06. The van der Waals surface area contributed by atoms with E-state index in [4.69, 9.17) is 5.11 Å². The van der Waals surface area contributed by atoms with E-state index in [1.165, 1.54) is 0 Å². The van der Waals surface area contributed by atoms with Crippen molar-refractivity contribution in [2.24, 2.45) is 0 Å². The molecule has 0 saturated heterocycles. The maximum Gasteiger partial charge on any atom is 0.229 e. The molecular weight excluding hydrogens is 262 g/mol. The summed E-state index contributed by atoms with van der Waals surface area (Å²) in [5, 5.41) is 8.99. The van der Waals surface area contributed by atoms with Gasteiger partial charge in [0, 0.05) is 5.69 Å². The lowest BCUT2D eigenvalue weighted by molar-refractivity contribution is 0.282. The van der Waals surface area contributed by atoms with Crippen LogP contribution in [0.2, 0.25) is 0 Å². The maximum absolute atomic E-state index is 11.2. The van der Waals surface area contributed by atoms with E-state index in [9.17, 15) is 8.42 Å². The molecule has 0 aromatic heterocycles. The van der Waals surface area contributed by atoms with Crippen molar-refractivity contribution in [1.82, 2.24) is 0 Å². The zero-order valence-corrected chi connectivity index (χ0v) is 11.3. The van der Waals surface area contributed by atoms with Gasteiger partial charge in [0.1, 0.15) is 0 Å². The molecule has 0 aliphatic carbocycles. The van der Waals surface area contributed by atoms with Gasteiger partial charge in [0.25, 0.3) is 0 Å². The zero-order chi connectivity index (χ0) is 13.9. The lowest BCUT2D eigenvalue weighted by Crippen LogP contribution is -2.09. The third kappa shape index (κ3) is 3.81. The molecule has 2 aromatic rings. The van der Waals surface area contributed by atoms with Crippen molar-refractivity contribution < 1.29 is 13.5 Å². The quantitative estimate of drug-likeness (QED) is 0.900. The topological polar surface area (TPSA) is 66.4 Å². The van der Waals surface area contributed by atoms with E-state index in [2.05, 4.69) is 4.72 Å². The van der Waals surface area contributed by atoms with E-state index in [1.54, 1.807) is 18.2 Å². The van der Waals surface area contributed by atoms with Gasteiger partial charge in [0.05, 0.1) is 12.9 Å². The fraction of sp³-hybridized carbons (Fsp3) is 0.143. The smallest absolute Gasteiger partial charge is 0.229 e. The van der Waals surface area contributed by atoms with Crippen LogP contribution >= 0.6 is 0 Å². The van der Waals surface area contributed by atoms with Crippen molar-refractivity contribution in [3.63, 3.8) is 0 Å². The molecule has 19 heavy (non-hydrogen) atoms. The second-order valence-electron chi connectivity index (χ2n) is 4.31. The summed E-state index contributed by atoms with van der Waals surface area (Å²) in [5.41, 5.74) is 3.26. The number of nitrogens with one attached hydrogen (secondary N) is 1. The third-order valence-corrected chi connectivity index (χ3v) is 3.24. The van der Waals surface area contributed by atoms with Crippen LogP contribution < -0.4 is 4.72 Å². The predicted molar refractivity (Wildman–Crippen MR) is 76.3 cm³/mol. The molecule has 0 amide bonds. The van der Waals surface area contributed by atoms with Crippen LogP contribution in [-0.4, -0.2) is 19.8 Å². The molecule has 0 radical (unpaired) electrons. The molecular formula is C14H15NO3S. The van der Waals surface area contributed by atoms with Crippen LogP contribution in [0.1, 0.15) is 5.56 Å². The Kier molecular flexibility index (Phi) is 3.87. The van der Waals surface area contributed by atoms with Crippen LogP contribution in [0.5, 0.6) is 0 Å². The molecule has 0 saturated carbocycles. The standard InChI is InChI=1S/C14H15NO3S/c1-19(17,18)15-14-4-2-3-13(9-14)12-7-5-11(10-16)6-8-12/h2-9,15-16H,10H2,1H3. The van der Waals surface area contributed by atoms with Crippen LogP contribution in [0.4, 0.5) is 5.69 Å². The van der Waals surface area contributed by atoms with Gasteiger partial charge in [0.15, 0.2) is 0 Å². The molecule has 0 bridgehead atoms. The monoisotopic (exact) mass is 277 g/mol. The summed E-state index contributed by atoms with van der Waals surface area (Å²) in [4.78, 5) is 0. The number of sulfonamides is 1. The van der Waals surface area contributed by atoms with Gasteiger partial charge in [-0.25, -0.2) is 8.42 Å². The van der Waals surface area contributed by atoms with Crippen LogP contribution in [0.3, 0.4) is 0 Å². The highest BCUT2D eigenvalue weighted by Gasteiger charge is 2.03. The lowest BCUT2D eigenvalue weighted by Gasteiger charge is -2.07. The minimum absolute atomic E-state index is 0.00987. The van der Waals surface area contributed by atoms with Crippen LogP contribution in [0.15, 0.2) is 48.5 Å². The van der Waals surface area contributed by atoms with Crippen LogP contribution in [0.25, 0.3) is 11.1 Å². The normalized spacial score (nSPS) is 11.3. The van der Waals surface area contributed by atoms with Crippen LogP contribution in [-0.2, 0) is 16.6 Å². The first kappa shape index (κ1) is 13.6. The molecule has 0 aliphatic heterocycles. The Bertz CT molecular complexity index is 663. The molecule has 0 atom stereocenters. The highest BCUT2D eigenvalue weighted by atomic mass is 32.2. The van der Waals surface area contributed by atoms with E-state index in [-0.39, 0.29) is 6.61 Å². The van der Waals surface area contributed by atoms with Crippen molar-refractivity contribution >= 4 is 15.7 Å². The Morgan fingerprint density at radius 2 is 1.74 bits per heavy atom. The Labute approximate surface area is 112 Å². The number of rotatable bonds is 4. The maximum atomic E-state index is 11.2. The second kappa shape index (κ2) is 5.42. The first-order valence-electron chi connectivity index (χ1n) is 5.76. The number of hydrogen-bond donors (Lipinski definition) is 2. The van der Waals surface area contributed by atoms with Gasteiger partial charge in [-0.2, -0.15) is 0 Å².